The highest BCUT2D eigenvalue weighted by Crippen LogP contribution is 2.25. The average molecular weight is 237 g/mol. The lowest BCUT2D eigenvalue weighted by molar-refractivity contribution is -0.126. The first-order valence-electron chi connectivity index (χ1n) is 6.17. The molecule has 2 N–H and O–H groups in total. The summed E-state index contributed by atoms with van der Waals surface area (Å²) in [7, 11) is 0. The smallest absolute Gasteiger partial charge is 0.318 e. The van der Waals surface area contributed by atoms with E-state index in [-0.39, 0.29) is 30.6 Å². The highest BCUT2D eigenvalue weighted by molar-refractivity contribution is 5.86. The van der Waals surface area contributed by atoms with Crippen molar-refractivity contribution in [3.8, 4) is 0 Å². The zero-order chi connectivity index (χ0) is 12.3. The van der Waals surface area contributed by atoms with Crippen LogP contribution >= 0.6 is 0 Å². The number of hydrogen-bond acceptors (Lipinski definition) is 2. The van der Waals surface area contributed by atoms with Crippen LogP contribution in [-0.2, 0) is 4.79 Å². The van der Waals surface area contributed by atoms with Crippen LogP contribution in [0.5, 0.6) is 0 Å². The summed E-state index contributed by atoms with van der Waals surface area (Å²) >= 11 is 0. The Labute approximate surface area is 101 Å². The third kappa shape index (κ3) is 2.60. The zero-order valence-electron chi connectivity index (χ0n) is 9.95. The summed E-state index contributed by atoms with van der Waals surface area (Å²) in [5.74, 6) is -0.0538. The molecule has 0 aromatic carbocycles. The summed E-state index contributed by atoms with van der Waals surface area (Å²) in [6.45, 7) is 4.17. The SMILES string of the molecule is C=CCNC(=O)N1CC(=O)N[C@@H]2CCCC[C@H]21. The van der Waals surface area contributed by atoms with E-state index >= 15 is 0 Å². The van der Waals surface area contributed by atoms with Crippen LogP contribution in [0.3, 0.4) is 0 Å². The van der Waals surface area contributed by atoms with Crippen LogP contribution < -0.4 is 10.6 Å². The van der Waals surface area contributed by atoms with Crippen molar-refractivity contribution in [1.82, 2.24) is 15.5 Å². The molecule has 0 spiro atoms. The molecule has 5 nitrogen and oxygen atoms in total. The minimum atomic E-state index is -0.156. The van der Waals surface area contributed by atoms with E-state index in [0.717, 1.165) is 25.7 Å². The molecule has 1 aliphatic heterocycles. The van der Waals surface area contributed by atoms with Gasteiger partial charge in [0.15, 0.2) is 0 Å². The molecule has 0 unspecified atom stereocenters. The molecule has 0 radical (unpaired) electrons. The second-order valence-electron chi connectivity index (χ2n) is 4.63. The summed E-state index contributed by atoms with van der Waals surface area (Å²) in [5, 5.41) is 5.72. The first kappa shape index (κ1) is 12.0. The molecule has 1 saturated heterocycles. The Balaban J connectivity index is 2.04. The topological polar surface area (TPSA) is 61.4 Å². The molecule has 0 aromatic heterocycles. The van der Waals surface area contributed by atoms with E-state index in [1.165, 1.54) is 0 Å². The van der Waals surface area contributed by atoms with E-state index in [1.54, 1.807) is 11.0 Å². The highest BCUT2D eigenvalue weighted by atomic mass is 16.2. The van der Waals surface area contributed by atoms with Crippen molar-refractivity contribution >= 4 is 11.9 Å². The fourth-order valence-electron chi connectivity index (χ4n) is 2.66. The summed E-state index contributed by atoms with van der Waals surface area (Å²) in [4.78, 5) is 25.2. The number of nitrogens with one attached hydrogen (secondary N) is 2. The number of hydrogen-bond donors (Lipinski definition) is 2. The van der Waals surface area contributed by atoms with E-state index in [2.05, 4.69) is 17.2 Å². The van der Waals surface area contributed by atoms with Gasteiger partial charge in [-0.15, -0.1) is 6.58 Å². The Morgan fingerprint density at radius 1 is 1.53 bits per heavy atom. The monoisotopic (exact) mass is 237 g/mol. The fraction of sp³-hybridized carbons (Fsp3) is 0.667. The first-order valence-corrected chi connectivity index (χ1v) is 6.17. The van der Waals surface area contributed by atoms with Gasteiger partial charge in [0.1, 0.15) is 6.54 Å². The summed E-state index contributed by atoms with van der Waals surface area (Å²) in [6.07, 6.45) is 5.85. The molecular formula is C12H19N3O2. The fourth-order valence-corrected chi connectivity index (χ4v) is 2.66. The third-order valence-electron chi connectivity index (χ3n) is 3.45. The van der Waals surface area contributed by atoms with Crippen LogP contribution in [0, 0.1) is 0 Å². The number of carbonyl (C=O) groups is 2. The maximum absolute atomic E-state index is 11.9. The molecule has 2 rings (SSSR count). The van der Waals surface area contributed by atoms with Crippen molar-refractivity contribution in [2.45, 2.75) is 37.8 Å². The maximum Gasteiger partial charge on any atom is 0.318 e. The van der Waals surface area contributed by atoms with Crippen molar-refractivity contribution < 1.29 is 9.59 Å². The summed E-state index contributed by atoms with van der Waals surface area (Å²) < 4.78 is 0. The second-order valence-corrected chi connectivity index (χ2v) is 4.63. The number of nitrogens with zero attached hydrogens (tertiary/aromatic N) is 1. The van der Waals surface area contributed by atoms with Crippen LogP contribution in [0.2, 0.25) is 0 Å². The van der Waals surface area contributed by atoms with Gasteiger partial charge in [-0.1, -0.05) is 18.9 Å². The van der Waals surface area contributed by atoms with Gasteiger partial charge in [0.25, 0.3) is 0 Å². The number of piperazine rings is 1. The lowest BCUT2D eigenvalue weighted by Gasteiger charge is -2.43. The van der Waals surface area contributed by atoms with Crippen LogP contribution in [0.25, 0.3) is 0 Å². The Morgan fingerprint density at radius 3 is 3.06 bits per heavy atom. The normalized spacial score (nSPS) is 28.0. The quantitative estimate of drug-likeness (QED) is 0.692. The van der Waals surface area contributed by atoms with Gasteiger partial charge in [-0.2, -0.15) is 0 Å². The van der Waals surface area contributed by atoms with E-state index in [9.17, 15) is 9.59 Å². The molecule has 2 aliphatic rings. The number of amides is 3. The van der Waals surface area contributed by atoms with Gasteiger partial charge in [-0.3, -0.25) is 4.79 Å². The predicted molar refractivity (Wildman–Crippen MR) is 64.5 cm³/mol. The lowest BCUT2D eigenvalue weighted by Crippen LogP contribution is -2.64. The Bertz CT molecular complexity index is 330. The van der Waals surface area contributed by atoms with E-state index in [4.69, 9.17) is 0 Å². The predicted octanol–water partition coefficient (Wildman–Crippen LogP) is 0.625. The Morgan fingerprint density at radius 2 is 2.29 bits per heavy atom. The molecule has 5 heteroatoms. The van der Waals surface area contributed by atoms with Crippen molar-refractivity contribution in [1.29, 1.82) is 0 Å². The van der Waals surface area contributed by atoms with E-state index in [0.29, 0.717) is 6.54 Å². The number of fused-ring (bicyclic) bond motifs is 1. The molecule has 0 aromatic rings. The molecule has 2 fully saturated rings. The van der Waals surface area contributed by atoms with E-state index < -0.39 is 0 Å². The molecule has 3 amide bonds. The van der Waals surface area contributed by atoms with Gasteiger partial charge in [0.2, 0.25) is 5.91 Å². The molecule has 17 heavy (non-hydrogen) atoms. The summed E-state index contributed by atoms with van der Waals surface area (Å²) in [5.41, 5.74) is 0. The average Bonchev–Trinajstić information content (AvgIpc) is 2.34. The van der Waals surface area contributed by atoms with Gasteiger partial charge >= 0.3 is 6.03 Å². The van der Waals surface area contributed by atoms with Crippen LogP contribution in [0.1, 0.15) is 25.7 Å². The minimum absolute atomic E-state index is 0.0538. The van der Waals surface area contributed by atoms with Crippen molar-refractivity contribution in [3.63, 3.8) is 0 Å². The second kappa shape index (κ2) is 5.21. The van der Waals surface area contributed by atoms with Crippen LogP contribution in [0.15, 0.2) is 12.7 Å². The van der Waals surface area contributed by atoms with Crippen LogP contribution in [-0.4, -0.2) is 42.0 Å². The molecule has 2 atom stereocenters. The molecular weight excluding hydrogens is 218 g/mol. The van der Waals surface area contributed by atoms with Gasteiger partial charge in [0.05, 0.1) is 6.04 Å². The molecule has 94 valence electrons. The van der Waals surface area contributed by atoms with E-state index in [1.807, 2.05) is 0 Å². The number of urea groups is 1. The van der Waals surface area contributed by atoms with Crippen LogP contribution in [0.4, 0.5) is 4.79 Å². The third-order valence-corrected chi connectivity index (χ3v) is 3.45. The zero-order valence-corrected chi connectivity index (χ0v) is 9.95. The van der Waals surface area contributed by atoms with Crippen molar-refractivity contribution in [2.75, 3.05) is 13.1 Å². The molecule has 0 bridgehead atoms. The highest BCUT2D eigenvalue weighted by Gasteiger charge is 2.38. The van der Waals surface area contributed by atoms with Crippen molar-refractivity contribution in [2.24, 2.45) is 0 Å². The lowest BCUT2D eigenvalue weighted by atomic mass is 9.87. The molecule has 1 heterocycles. The van der Waals surface area contributed by atoms with Crippen molar-refractivity contribution in [3.05, 3.63) is 12.7 Å². The standard InChI is InChI=1S/C12H19N3O2/c1-2-7-13-12(17)15-8-11(16)14-9-5-3-4-6-10(9)15/h2,9-10H,1,3-8H2,(H,13,17)(H,14,16)/t9-,10-/m1/s1. The largest absolute Gasteiger partial charge is 0.350 e. The molecule has 1 aliphatic carbocycles. The number of rotatable bonds is 2. The minimum Gasteiger partial charge on any atom is -0.350 e. The Hall–Kier alpha value is -1.52. The first-order chi connectivity index (χ1) is 8.22. The Kier molecular flexibility index (Phi) is 3.66. The summed E-state index contributed by atoms with van der Waals surface area (Å²) in [6, 6.07) is 0.141. The van der Waals surface area contributed by atoms with Gasteiger partial charge in [0, 0.05) is 12.6 Å². The van der Waals surface area contributed by atoms with Gasteiger partial charge in [-0.05, 0) is 12.8 Å². The maximum atomic E-state index is 11.9. The molecule has 1 saturated carbocycles. The van der Waals surface area contributed by atoms with Gasteiger partial charge < -0.3 is 15.5 Å². The van der Waals surface area contributed by atoms with Gasteiger partial charge in [-0.25, -0.2) is 4.79 Å². The number of carbonyl (C=O) groups excluding carboxylic acids is 2.